The van der Waals surface area contributed by atoms with Crippen LogP contribution in [0.1, 0.15) is 45.2 Å². The third-order valence-corrected chi connectivity index (χ3v) is 4.31. The van der Waals surface area contributed by atoms with Crippen LogP contribution in [-0.2, 0) is 6.54 Å². The van der Waals surface area contributed by atoms with Gasteiger partial charge in [-0.3, -0.25) is 0 Å². The van der Waals surface area contributed by atoms with Crippen LogP contribution in [0.5, 0.6) is 0 Å². The molecule has 0 aromatic carbocycles. The number of pyridine rings is 1. The Morgan fingerprint density at radius 1 is 1.35 bits per heavy atom. The number of halogens is 1. The number of hydrogen-bond donors (Lipinski definition) is 1. The minimum absolute atomic E-state index is 0.755. The molecule has 1 aliphatic heterocycles. The molecule has 0 spiro atoms. The molecule has 0 aliphatic carbocycles. The topological polar surface area (TPSA) is 28.2 Å². The van der Waals surface area contributed by atoms with Crippen LogP contribution in [0.3, 0.4) is 0 Å². The molecule has 0 saturated carbocycles. The fraction of sp³-hybridized carbons (Fsp3) is 0.688. The van der Waals surface area contributed by atoms with E-state index in [1.54, 1.807) is 0 Å². The van der Waals surface area contributed by atoms with Crippen molar-refractivity contribution in [3.05, 3.63) is 22.8 Å². The van der Waals surface area contributed by atoms with Gasteiger partial charge in [0.05, 0.1) is 10.7 Å². The molecule has 2 heterocycles. The summed E-state index contributed by atoms with van der Waals surface area (Å²) in [6, 6.07) is 4.04. The van der Waals surface area contributed by atoms with E-state index in [0.29, 0.717) is 0 Å². The molecule has 4 heteroatoms. The van der Waals surface area contributed by atoms with Gasteiger partial charge in [0.2, 0.25) is 0 Å². The first-order valence-corrected chi connectivity index (χ1v) is 8.19. The lowest BCUT2D eigenvalue weighted by atomic mass is 10.0. The summed E-state index contributed by atoms with van der Waals surface area (Å²) in [4.78, 5) is 7.17. The van der Waals surface area contributed by atoms with Crippen molar-refractivity contribution >= 4 is 17.4 Å². The second kappa shape index (κ2) is 7.84. The third-order valence-electron chi connectivity index (χ3n) is 3.96. The van der Waals surface area contributed by atoms with Crippen LogP contribution in [-0.4, -0.2) is 24.6 Å². The minimum Gasteiger partial charge on any atom is -0.357 e. The molecule has 20 heavy (non-hydrogen) atoms. The molecule has 1 N–H and O–H groups in total. The Hall–Kier alpha value is -0.800. The molecule has 1 aromatic heterocycles. The first-order chi connectivity index (χ1) is 9.70. The van der Waals surface area contributed by atoms with Crippen molar-refractivity contribution < 1.29 is 0 Å². The molecule has 2 rings (SSSR count). The van der Waals surface area contributed by atoms with Gasteiger partial charge < -0.3 is 10.2 Å². The van der Waals surface area contributed by atoms with Crippen LogP contribution < -0.4 is 10.2 Å². The molecule has 1 fully saturated rings. The Labute approximate surface area is 127 Å². The summed E-state index contributed by atoms with van der Waals surface area (Å²) < 4.78 is 0. The van der Waals surface area contributed by atoms with Crippen molar-refractivity contribution in [3.8, 4) is 0 Å². The zero-order valence-corrected chi connectivity index (χ0v) is 13.4. The summed E-state index contributed by atoms with van der Waals surface area (Å²) >= 11 is 6.25. The molecular weight excluding hydrogens is 270 g/mol. The third kappa shape index (κ3) is 4.35. The number of anilines is 1. The maximum Gasteiger partial charge on any atom is 0.128 e. The van der Waals surface area contributed by atoms with Crippen molar-refractivity contribution in [2.75, 3.05) is 24.5 Å². The lowest BCUT2D eigenvalue weighted by Gasteiger charge is -2.22. The molecule has 1 unspecified atom stereocenters. The van der Waals surface area contributed by atoms with E-state index in [-0.39, 0.29) is 0 Å². The van der Waals surface area contributed by atoms with Gasteiger partial charge in [-0.2, -0.15) is 0 Å². The minimum atomic E-state index is 0.755. The van der Waals surface area contributed by atoms with E-state index in [0.717, 1.165) is 55.1 Å². The lowest BCUT2D eigenvalue weighted by Crippen LogP contribution is -2.26. The van der Waals surface area contributed by atoms with Crippen LogP contribution in [0, 0.1) is 5.92 Å². The molecule has 0 amide bonds. The number of hydrogen-bond acceptors (Lipinski definition) is 3. The van der Waals surface area contributed by atoms with Gasteiger partial charge in [-0.15, -0.1) is 0 Å². The fourth-order valence-corrected chi connectivity index (χ4v) is 2.82. The second-order valence-electron chi connectivity index (χ2n) is 5.80. The Morgan fingerprint density at radius 3 is 3.00 bits per heavy atom. The molecule has 1 atom stereocenters. The van der Waals surface area contributed by atoms with E-state index in [2.05, 4.69) is 30.1 Å². The van der Waals surface area contributed by atoms with E-state index in [9.17, 15) is 0 Å². The van der Waals surface area contributed by atoms with Gasteiger partial charge in [0, 0.05) is 19.6 Å². The number of nitrogens with zero attached hydrogens (tertiary/aromatic N) is 2. The molecule has 1 saturated heterocycles. The highest BCUT2D eigenvalue weighted by Gasteiger charge is 2.16. The summed E-state index contributed by atoms with van der Waals surface area (Å²) in [5.41, 5.74) is 0.968. The highest BCUT2D eigenvalue weighted by molar-refractivity contribution is 6.31. The highest BCUT2D eigenvalue weighted by atomic mass is 35.5. The van der Waals surface area contributed by atoms with Crippen molar-refractivity contribution in [1.82, 2.24) is 10.3 Å². The predicted octanol–water partition coefficient (Wildman–Crippen LogP) is 3.86. The first-order valence-electron chi connectivity index (χ1n) is 7.81. The number of aromatic nitrogens is 1. The maximum absolute atomic E-state index is 6.25. The van der Waals surface area contributed by atoms with Crippen molar-refractivity contribution in [2.45, 2.75) is 46.1 Å². The normalized spacial score (nSPS) is 19.9. The van der Waals surface area contributed by atoms with E-state index < -0.39 is 0 Å². The first kappa shape index (κ1) is 15.6. The van der Waals surface area contributed by atoms with Crippen LogP contribution in [0.15, 0.2) is 12.1 Å². The van der Waals surface area contributed by atoms with Crippen molar-refractivity contribution in [3.63, 3.8) is 0 Å². The van der Waals surface area contributed by atoms with Crippen LogP contribution in [0.25, 0.3) is 0 Å². The van der Waals surface area contributed by atoms with Gasteiger partial charge in [-0.25, -0.2) is 4.98 Å². The molecule has 0 radical (unpaired) electrons. The van der Waals surface area contributed by atoms with Gasteiger partial charge in [0.25, 0.3) is 0 Å². The van der Waals surface area contributed by atoms with E-state index in [1.807, 2.05) is 6.07 Å². The summed E-state index contributed by atoms with van der Waals surface area (Å²) in [7, 11) is 0. The molecule has 112 valence electrons. The SMILES string of the molecule is CCCNCc1nc(N2CCCC(C)CC2)ccc1Cl. The standard InChI is InChI=1S/C16H26ClN3/c1-3-9-18-12-15-14(17)6-7-16(19-15)20-10-4-5-13(2)8-11-20/h6-7,13,18H,3-5,8-12H2,1-2H3. The van der Waals surface area contributed by atoms with Crippen molar-refractivity contribution in [1.29, 1.82) is 0 Å². The smallest absolute Gasteiger partial charge is 0.128 e. The van der Waals surface area contributed by atoms with Crippen LogP contribution in [0.2, 0.25) is 5.02 Å². The number of rotatable bonds is 5. The van der Waals surface area contributed by atoms with Crippen LogP contribution in [0.4, 0.5) is 5.82 Å². The molecule has 0 bridgehead atoms. The average Bonchev–Trinajstić information content (AvgIpc) is 2.66. The van der Waals surface area contributed by atoms with Crippen molar-refractivity contribution in [2.24, 2.45) is 5.92 Å². The Kier molecular flexibility index (Phi) is 6.11. The lowest BCUT2D eigenvalue weighted by molar-refractivity contribution is 0.521. The van der Waals surface area contributed by atoms with E-state index in [4.69, 9.17) is 16.6 Å². The van der Waals surface area contributed by atoms with Gasteiger partial charge in [-0.1, -0.05) is 25.4 Å². The molecule has 1 aromatic rings. The Balaban J connectivity index is 2.05. The summed E-state index contributed by atoms with van der Waals surface area (Å²) in [5.74, 6) is 1.91. The van der Waals surface area contributed by atoms with Crippen LogP contribution >= 0.6 is 11.6 Å². The Morgan fingerprint density at radius 2 is 2.20 bits per heavy atom. The van der Waals surface area contributed by atoms with Gasteiger partial charge in [0.1, 0.15) is 5.82 Å². The number of nitrogens with one attached hydrogen (secondary N) is 1. The average molecular weight is 296 g/mol. The second-order valence-corrected chi connectivity index (χ2v) is 6.21. The molecule has 1 aliphatic rings. The highest BCUT2D eigenvalue weighted by Crippen LogP contribution is 2.23. The summed E-state index contributed by atoms with van der Waals surface area (Å²) in [5, 5.41) is 4.14. The Bertz CT molecular complexity index is 422. The molecule has 3 nitrogen and oxygen atoms in total. The maximum atomic E-state index is 6.25. The monoisotopic (exact) mass is 295 g/mol. The van der Waals surface area contributed by atoms with Gasteiger partial charge in [-0.05, 0) is 50.3 Å². The zero-order chi connectivity index (χ0) is 14.4. The largest absolute Gasteiger partial charge is 0.357 e. The fourth-order valence-electron chi connectivity index (χ4n) is 2.65. The van der Waals surface area contributed by atoms with E-state index in [1.165, 1.54) is 19.3 Å². The summed E-state index contributed by atoms with van der Waals surface area (Å²) in [6.45, 7) is 8.49. The zero-order valence-electron chi connectivity index (χ0n) is 12.7. The summed E-state index contributed by atoms with van der Waals surface area (Å²) in [6.07, 6.45) is 4.97. The quantitative estimate of drug-likeness (QED) is 0.836. The molecular formula is C16H26ClN3. The van der Waals surface area contributed by atoms with Gasteiger partial charge >= 0.3 is 0 Å². The van der Waals surface area contributed by atoms with Gasteiger partial charge in [0.15, 0.2) is 0 Å². The predicted molar refractivity (Wildman–Crippen MR) is 86.5 cm³/mol. The van der Waals surface area contributed by atoms with E-state index >= 15 is 0 Å².